The van der Waals surface area contributed by atoms with Crippen molar-refractivity contribution in [3.8, 4) is 28.7 Å². The van der Waals surface area contributed by atoms with Crippen LogP contribution >= 0.6 is 0 Å². The summed E-state index contributed by atoms with van der Waals surface area (Å²) < 4.78 is 27.2. The fourth-order valence-electron chi connectivity index (χ4n) is 4.39. The highest BCUT2D eigenvalue weighted by Crippen LogP contribution is 2.46. The van der Waals surface area contributed by atoms with E-state index in [0.29, 0.717) is 33.9 Å². The van der Waals surface area contributed by atoms with Gasteiger partial charge in [-0.2, -0.15) is 0 Å². The summed E-state index contributed by atoms with van der Waals surface area (Å²) in [5.74, 6) is 0.524. The molecule has 0 aliphatic carbocycles. The van der Waals surface area contributed by atoms with Crippen molar-refractivity contribution in [3.05, 3.63) is 87.8 Å². The zero-order valence-corrected chi connectivity index (χ0v) is 20.3. The molecule has 9 heteroatoms. The molecule has 0 saturated heterocycles. The molecule has 190 valence electrons. The van der Waals surface area contributed by atoms with Gasteiger partial charge in [0.05, 0.1) is 25.2 Å². The number of hydrogen-bond acceptors (Lipinski definition) is 8. The molecule has 3 aromatic carbocycles. The van der Waals surface area contributed by atoms with Gasteiger partial charge in [-0.1, -0.05) is 24.3 Å². The van der Waals surface area contributed by atoms with E-state index in [2.05, 4.69) is 5.32 Å². The number of amides is 1. The minimum Gasteiger partial charge on any atom is -0.507 e. The van der Waals surface area contributed by atoms with Crippen LogP contribution in [0.4, 0.5) is 0 Å². The summed E-state index contributed by atoms with van der Waals surface area (Å²) in [6, 6.07) is 17.3. The maximum Gasteiger partial charge on any atom is 0.343 e. The number of benzene rings is 3. The number of fused-ring (bicyclic) bond motifs is 2. The van der Waals surface area contributed by atoms with Crippen molar-refractivity contribution in [2.75, 3.05) is 21.0 Å². The molecule has 0 fully saturated rings. The van der Waals surface area contributed by atoms with Crippen molar-refractivity contribution in [2.45, 2.75) is 18.9 Å². The second-order valence-corrected chi connectivity index (χ2v) is 8.49. The SMILES string of the molecule is COc1ccc(CNC(=O)C[C@@H](c2cc(OC)c3c(c2)OCO3)c2c(O)c3ccccc3oc2=O)cc1. The Balaban J connectivity index is 1.52. The fourth-order valence-corrected chi connectivity index (χ4v) is 4.39. The van der Waals surface area contributed by atoms with Gasteiger partial charge in [0.1, 0.15) is 17.1 Å². The summed E-state index contributed by atoms with van der Waals surface area (Å²) in [7, 11) is 3.07. The summed E-state index contributed by atoms with van der Waals surface area (Å²) in [6.45, 7) is 0.295. The lowest BCUT2D eigenvalue weighted by molar-refractivity contribution is -0.121. The van der Waals surface area contributed by atoms with E-state index in [9.17, 15) is 14.7 Å². The summed E-state index contributed by atoms with van der Waals surface area (Å²) >= 11 is 0. The highest BCUT2D eigenvalue weighted by Gasteiger charge is 2.30. The maximum atomic E-state index is 13.1. The number of methoxy groups -OCH3 is 2. The molecule has 37 heavy (non-hydrogen) atoms. The standard InChI is InChI=1S/C28H25NO8/c1-33-18-9-7-16(8-10-18)14-29-24(30)13-20(17-11-22(34-2)27-23(12-17)35-15-36-27)25-26(31)19-5-3-4-6-21(19)37-28(25)32/h3-12,20,31H,13-15H2,1-2H3,(H,29,30)/t20-/m0/s1. The van der Waals surface area contributed by atoms with Gasteiger partial charge in [0.15, 0.2) is 11.5 Å². The van der Waals surface area contributed by atoms with Gasteiger partial charge in [-0.05, 0) is 47.5 Å². The molecular formula is C28H25NO8. The Morgan fingerprint density at radius 1 is 1.05 bits per heavy atom. The number of aromatic hydroxyl groups is 1. The molecule has 1 aliphatic rings. The van der Waals surface area contributed by atoms with E-state index in [0.717, 1.165) is 5.56 Å². The average molecular weight is 504 g/mol. The Morgan fingerprint density at radius 3 is 2.59 bits per heavy atom. The van der Waals surface area contributed by atoms with E-state index in [1.807, 2.05) is 24.3 Å². The van der Waals surface area contributed by atoms with Crippen LogP contribution in [0.3, 0.4) is 0 Å². The smallest absolute Gasteiger partial charge is 0.343 e. The Labute approximate surface area is 212 Å². The maximum absolute atomic E-state index is 13.1. The number of para-hydroxylation sites is 1. The minimum atomic E-state index is -0.861. The van der Waals surface area contributed by atoms with E-state index in [-0.39, 0.29) is 42.6 Å². The number of rotatable bonds is 8. The summed E-state index contributed by atoms with van der Waals surface area (Å²) in [5, 5.41) is 14.4. The topological polar surface area (TPSA) is 116 Å². The van der Waals surface area contributed by atoms with Crippen molar-refractivity contribution in [2.24, 2.45) is 0 Å². The highest BCUT2D eigenvalue weighted by molar-refractivity contribution is 5.85. The van der Waals surface area contributed by atoms with E-state index < -0.39 is 11.5 Å². The van der Waals surface area contributed by atoms with Gasteiger partial charge in [-0.3, -0.25) is 4.79 Å². The Morgan fingerprint density at radius 2 is 1.84 bits per heavy atom. The van der Waals surface area contributed by atoms with Crippen molar-refractivity contribution in [1.82, 2.24) is 5.32 Å². The molecule has 0 saturated carbocycles. The summed E-state index contributed by atoms with van der Waals surface area (Å²) in [6.07, 6.45) is -0.143. The minimum absolute atomic E-state index is 0.0194. The second-order valence-electron chi connectivity index (χ2n) is 8.49. The van der Waals surface area contributed by atoms with Crippen molar-refractivity contribution in [3.63, 3.8) is 0 Å². The van der Waals surface area contributed by atoms with Crippen LogP contribution in [0.25, 0.3) is 11.0 Å². The van der Waals surface area contributed by atoms with Crippen LogP contribution in [0, 0.1) is 0 Å². The Kier molecular flexibility index (Phi) is 6.59. The highest BCUT2D eigenvalue weighted by atomic mass is 16.7. The molecule has 2 heterocycles. The van der Waals surface area contributed by atoms with Crippen LogP contribution in [-0.4, -0.2) is 32.0 Å². The number of hydrogen-bond donors (Lipinski definition) is 2. The molecular weight excluding hydrogens is 478 g/mol. The van der Waals surface area contributed by atoms with Gasteiger partial charge in [0.25, 0.3) is 0 Å². The van der Waals surface area contributed by atoms with Crippen LogP contribution in [0.15, 0.2) is 69.9 Å². The molecule has 0 unspecified atom stereocenters. The average Bonchev–Trinajstić information content (AvgIpc) is 3.40. The molecule has 0 spiro atoms. The molecule has 0 radical (unpaired) electrons. The van der Waals surface area contributed by atoms with Crippen molar-refractivity contribution >= 4 is 16.9 Å². The number of carbonyl (C=O) groups excluding carboxylic acids is 1. The molecule has 0 bridgehead atoms. The van der Waals surface area contributed by atoms with Crippen LogP contribution in [-0.2, 0) is 11.3 Å². The number of carbonyl (C=O) groups is 1. The van der Waals surface area contributed by atoms with Crippen LogP contribution in [0.1, 0.15) is 29.0 Å². The lowest BCUT2D eigenvalue weighted by Gasteiger charge is -2.20. The first kappa shape index (κ1) is 24.1. The Hall–Kier alpha value is -4.66. The third-order valence-corrected chi connectivity index (χ3v) is 6.29. The molecule has 2 N–H and O–H groups in total. The quantitative estimate of drug-likeness (QED) is 0.346. The first-order chi connectivity index (χ1) is 18.0. The first-order valence-corrected chi connectivity index (χ1v) is 11.6. The molecule has 1 aliphatic heterocycles. The predicted octanol–water partition coefficient (Wildman–Crippen LogP) is 4.08. The number of ether oxygens (including phenoxy) is 4. The second kappa shape index (κ2) is 10.1. The van der Waals surface area contributed by atoms with Gasteiger partial charge in [-0.15, -0.1) is 0 Å². The lowest BCUT2D eigenvalue weighted by Crippen LogP contribution is -2.26. The molecule has 9 nitrogen and oxygen atoms in total. The third-order valence-electron chi connectivity index (χ3n) is 6.29. The van der Waals surface area contributed by atoms with Crippen LogP contribution in [0.2, 0.25) is 0 Å². The van der Waals surface area contributed by atoms with Crippen LogP contribution in [0.5, 0.6) is 28.7 Å². The zero-order chi connectivity index (χ0) is 25.9. The molecule has 1 amide bonds. The van der Waals surface area contributed by atoms with Gasteiger partial charge in [-0.25, -0.2) is 4.79 Å². The summed E-state index contributed by atoms with van der Waals surface area (Å²) in [5.41, 5.74) is 0.891. The Bertz CT molecular complexity index is 1510. The lowest BCUT2D eigenvalue weighted by atomic mass is 9.87. The van der Waals surface area contributed by atoms with E-state index in [4.69, 9.17) is 23.4 Å². The molecule has 1 atom stereocenters. The van der Waals surface area contributed by atoms with Gasteiger partial charge in [0, 0.05) is 18.9 Å². The van der Waals surface area contributed by atoms with E-state index >= 15 is 0 Å². The predicted molar refractivity (Wildman–Crippen MR) is 135 cm³/mol. The van der Waals surface area contributed by atoms with E-state index in [1.54, 1.807) is 43.5 Å². The van der Waals surface area contributed by atoms with Crippen molar-refractivity contribution in [1.29, 1.82) is 0 Å². The van der Waals surface area contributed by atoms with Crippen LogP contribution < -0.4 is 29.9 Å². The van der Waals surface area contributed by atoms with Crippen molar-refractivity contribution < 1.29 is 33.3 Å². The van der Waals surface area contributed by atoms with Gasteiger partial charge < -0.3 is 33.8 Å². The van der Waals surface area contributed by atoms with E-state index in [1.165, 1.54) is 7.11 Å². The zero-order valence-electron chi connectivity index (χ0n) is 20.3. The fraction of sp³-hybridized carbons (Fsp3) is 0.214. The van der Waals surface area contributed by atoms with Gasteiger partial charge >= 0.3 is 5.63 Å². The monoisotopic (exact) mass is 503 g/mol. The molecule has 4 aromatic rings. The number of nitrogens with one attached hydrogen (secondary N) is 1. The third kappa shape index (κ3) is 4.75. The molecule has 5 rings (SSSR count). The van der Waals surface area contributed by atoms with Gasteiger partial charge in [0.2, 0.25) is 18.4 Å². The summed E-state index contributed by atoms with van der Waals surface area (Å²) in [4.78, 5) is 26.3. The largest absolute Gasteiger partial charge is 0.507 e. The normalized spacial score (nSPS) is 12.8. The molecule has 1 aromatic heterocycles. The first-order valence-electron chi connectivity index (χ1n) is 11.6.